The lowest BCUT2D eigenvalue weighted by Gasteiger charge is -2.20. The van der Waals surface area contributed by atoms with Gasteiger partial charge in [0.1, 0.15) is 0 Å². The van der Waals surface area contributed by atoms with Crippen molar-refractivity contribution in [1.82, 2.24) is 4.90 Å². The first-order valence-electron chi connectivity index (χ1n) is 7.33. The molecule has 1 aromatic carbocycles. The van der Waals surface area contributed by atoms with E-state index in [9.17, 15) is 4.79 Å². The molecule has 2 N–H and O–H groups in total. The van der Waals surface area contributed by atoms with E-state index in [1.54, 1.807) is 0 Å². The van der Waals surface area contributed by atoms with Gasteiger partial charge in [0.25, 0.3) is 0 Å². The van der Waals surface area contributed by atoms with Crippen LogP contribution in [0.4, 0.5) is 0 Å². The molecule has 2 aliphatic rings. The van der Waals surface area contributed by atoms with E-state index in [4.69, 9.17) is 5.73 Å². The van der Waals surface area contributed by atoms with Crippen molar-refractivity contribution in [2.24, 2.45) is 11.7 Å². The van der Waals surface area contributed by atoms with Gasteiger partial charge in [0.2, 0.25) is 5.91 Å². The van der Waals surface area contributed by atoms with Gasteiger partial charge in [-0.3, -0.25) is 4.79 Å². The molecule has 102 valence electrons. The molecule has 3 nitrogen and oxygen atoms in total. The summed E-state index contributed by atoms with van der Waals surface area (Å²) in [4.78, 5) is 14.5. The van der Waals surface area contributed by atoms with E-state index in [-0.39, 0.29) is 12.0 Å². The molecule has 3 unspecified atom stereocenters. The predicted molar refractivity (Wildman–Crippen MR) is 75.7 cm³/mol. The molecule has 1 saturated heterocycles. The van der Waals surface area contributed by atoms with Crippen LogP contribution in [0, 0.1) is 5.92 Å². The number of benzene rings is 1. The third-order valence-electron chi connectivity index (χ3n) is 4.59. The molecule has 1 heterocycles. The van der Waals surface area contributed by atoms with E-state index < -0.39 is 0 Å². The fraction of sp³-hybridized carbons (Fsp3) is 0.562. The smallest absolute Gasteiger partial charge is 0.225 e. The first-order valence-corrected chi connectivity index (χ1v) is 7.33. The average Bonchev–Trinajstić information content (AvgIpc) is 3.08. The van der Waals surface area contributed by atoms with Gasteiger partial charge in [0.15, 0.2) is 0 Å². The van der Waals surface area contributed by atoms with Crippen molar-refractivity contribution in [3.63, 3.8) is 0 Å². The molecule has 3 rings (SSSR count). The number of nitrogens with zero attached hydrogens (tertiary/aromatic N) is 1. The van der Waals surface area contributed by atoms with Crippen LogP contribution in [0.15, 0.2) is 30.3 Å². The summed E-state index contributed by atoms with van der Waals surface area (Å²) in [7, 11) is 0. The lowest BCUT2D eigenvalue weighted by atomic mass is 9.99. The number of amides is 1. The highest BCUT2D eigenvalue weighted by atomic mass is 16.2. The lowest BCUT2D eigenvalue weighted by molar-refractivity contribution is -0.134. The Labute approximate surface area is 114 Å². The zero-order chi connectivity index (χ0) is 13.2. The normalized spacial score (nSPS) is 30.8. The average molecular weight is 258 g/mol. The number of nitrogens with two attached hydrogens (primary N) is 1. The zero-order valence-corrected chi connectivity index (χ0v) is 11.3. The Morgan fingerprint density at radius 3 is 2.63 bits per heavy atom. The summed E-state index contributed by atoms with van der Waals surface area (Å²) in [6, 6.07) is 10.8. The maximum atomic E-state index is 12.4. The molecule has 1 saturated carbocycles. The number of hydrogen-bond donors (Lipinski definition) is 1. The SMILES string of the molecule is NC1CCC(C(=O)N2CCC(c3ccccc3)C2)C1. The van der Waals surface area contributed by atoms with Gasteiger partial charge in [-0.05, 0) is 31.2 Å². The molecule has 0 aromatic heterocycles. The van der Waals surface area contributed by atoms with Crippen LogP contribution in [0.1, 0.15) is 37.2 Å². The second-order valence-electron chi connectivity index (χ2n) is 5.95. The molecule has 0 spiro atoms. The van der Waals surface area contributed by atoms with E-state index in [1.165, 1.54) is 5.56 Å². The maximum Gasteiger partial charge on any atom is 0.225 e. The van der Waals surface area contributed by atoms with Crippen molar-refractivity contribution < 1.29 is 4.79 Å². The summed E-state index contributed by atoms with van der Waals surface area (Å²) in [6.45, 7) is 1.79. The van der Waals surface area contributed by atoms with Crippen molar-refractivity contribution in [2.75, 3.05) is 13.1 Å². The van der Waals surface area contributed by atoms with Gasteiger partial charge in [-0.1, -0.05) is 30.3 Å². The predicted octanol–water partition coefficient (Wildman–Crippen LogP) is 2.13. The van der Waals surface area contributed by atoms with E-state index in [0.717, 1.165) is 38.8 Å². The Morgan fingerprint density at radius 1 is 1.16 bits per heavy atom. The highest BCUT2D eigenvalue weighted by Crippen LogP contribution is 2.31. The van der Waals surface area contributed by atoms with Crippen LogP contribution in [-0.4, -0.2) is 29.9 Å². The third-order valence-corrected chi connectivity index (χ3v) is 4.59. The minimum atomic E-state index is 0.185. The molecule has 1 aliphatic heterocycles. The lowest BCUT2D eigenvalue weighted by Crippen LogP contribution is -2.34. The molecule has 0 bridgehead atoms. The van der Waals surface area contributed by atoms with Crippen LogP contribution < -0.4 is 5.73 Å². The van der Waals surface area contributed by atoms with E-state index in [0.29, 0.717) is 11.8 Å². The van der Waals surface area contributed by atoms with Crippen LogP contribution in [0.25, 0.3) is 0 Å². The molecule has 1 amide bonds. The Kier molecular flexibility index (Phi) is 3.56. The van der Waals surface area contributed by atoms with Gasteiger partial charge in [-0.25, -0.2) is 0 Å². The van der Waals surface area contributed by atoms with Gasteiger partial charge in [0.05, 0.1) is 0 Å². The van der Waals surface area contributed by atoms with Gasteiger partial charge in [-0.2, -0.15) is 0 Å². The Bertz CT molecular complexity index is 445. The topological polar surface area (TPSA) is 46.3 Å². The van der Waals surface area contributed by atoms with Gasteiger partial charge < -0.3 is 10.6 Å². The van der Waals surface area contributed by atoms with E-state index >= 15 is 0 Å². The minimum Gasteiger partial charge on any atom is -0.342 e. The van der Waals surface area contributed by atoms with E-state index in [1.807, 2.05) is 6.07 Å². The standard InChI is InChI=1S/C16H22N2O/c17-15-7-6-13(10-15)16(19)18-9-8-14(11-18)12-4-2-1-3-5-12/h1-5,13-15H,6-11,17H2. The molecule has 3 heteroatoms. The molecule has 0 radical (unpaired) electrons. The van der Waals surface area contributed by atoms with Crippen LogP contribution in [-0.2, 0) is 4.79 Å². The highest BCUT2D eigenvalue weighted by Gasteiger charge is 2.34. The van der Waals surface area contributed by atoms with Crippen LogP contribution in [0.5, 0.6) is 0 Å². The monoisotopic (exact) mass is 258 g/mol. The number of carbonyl (C=O) groups is 1. The summed E-state index contributed by atoms with van der Waals surface area (Å²) in [6.07, 6.45) is 3.96. The van der Waals surface area contributed by atoms with Gasteiger partial charge in [-0.15, -0.1) is 0 Å². The fourth-order valence-corrected chi connectivity index (χ4v) is 3.46. The molecule has 3 atom stereocenters. The number of likely N-dealkylation sites (tertiary alicyclic amines) is 1. The number of carbonyl (C=O) groups excluding carboxylic acids is 1. The first-order chi connectivity index (χ1) is 9.24. The maximum absolute atomic E-state index is 12.4. The third kappa shape index (κ3) is 2.66. The molecular weight excluding hydrogens is 236 g/mol. The van der Waals surface area contributed by atoms with Crippen molar-refractivity contribution >= 4 is 5.91 Å². The second-order valence-corrected chi connectivity index (χ2v) is 5.95. The second kappa shape index (κ2) is 5.33. The highest BCUT2D eigenvalue weighted by molar-refractivity contribution is 5.79. The van der Waals surface area contributed by atoms with Crippen molar-refractivity contribution in [3.8, 4) is 0 Å². The molecule has 1 aliphatic carbocycles. The van der Waals surface area contributed by atoms with Crippen molar-refractivity contribution in [3.05, 3.63) is 35.9 Å². The molecule has 2 fully saturated rings. The quantitative estimate of drug-likeness (QED) is 0.883. The Morgan fingerprint density at radius 2 is 1.95 bits per heavy atom. The number of hydrogen-bond acceptors (Lipinski definition) is 2. The fourth-order valence-electron chi connectivity index (χ4n) is 3.46. The number of rotatable bonds is 2. The first kappa shape index (κ1) is 12.7. The molecule has 19 heavy (non-hydrogen) atoms. The van der Waals surface area contributed by atoms with Gasteiger partial charge in [0, 0.05) is 31.0 Å². The minimum absolute atomic E-state index is 0.185. The largest absolute Gasteiger partial charge is 0.342 e. The van der Waals surface area contributed by atoms with E-state index in [2.05, 4.69) is 29.2 Å². The van der Waals surface area contributed by atoms with Gasteiger partial charge >= 0.3 is 0 Å². The molecule has 1 aromatic rings. The summed E-state index contributed by atoms with van der Waals surface area (Å²) < 4.78 is 0. The zero-order valence-electron chi connectivity index (χ0n) is 11.3. The summed E-state index contributed by atoms with van der Waals surface area (Å²) in [5.74, 6) is 1.04. The molecular formula is C16H22N2O. The van der Waals surface area contributed by atoms with Crippen molar-refractivity contribution in [1.29, 1.82) is 0 Å². The summed E-state index contributed by atoms with van der Waals surface area (Å²) in [5.41, 5.74) is 7.27. The van der Waals surface area contributed by atoms with Crippen LogP contribution in [0.2, 0.25) is 0 Å². The summed E-state index contributed by atoms with van der Waals surface area (Å²) in [5, 5.41) is 0. The summed E-state index contributed by atoms with van der Waals surface area (Å²) >= 11 is 0. The van der Waals surface area contributed by atoms with Crippen LogP contribution >= 0.6 is 0 Å². The van der Waals surface area contributed by atoms with Crippen molar-refractivity contribution in [2.45, 2.75) is 37.6 Å². The van der Waals surface area contributed by atoms with Crippen LogP contribution in [0.3, 0.4) is 0 Å². The Balaban J connectivity index is 1.61. The Hall–Kier alpha value is -1.35.